The minimum absolute atomic E-state index is 0.121. The van der Waals surface area contributed by atoms with E-state index in [0.717, 1.165) is 18.8 Å². The van der Waals surface area contributed by atoms with Crippen LogP contribution in [0.25, 0.3) is 0 Å². The van der Waals surface area contributed by atoms with Crippen LogP contribution in [0.1, 0.15) is 35.7 Å². The molecule has 0 amide bonds. The van der Waals surface area contributed by atoms with Crippen molar-refractivity contribution in [1.29, 1.82) is 10.5 Å². The van der Waals surface area contributed by atoms with Crippen molar-refractivity contribution < 1.29 is 23.7 Å². The van der Waals surface area contributed by atoms with Crippen LogP contribution in [0.15, 0.2) is 36.4 Å². The fraction of sp³-hybridized carbons (Fsp3) is 0.464. The van der Waals surface area contributed by atoms with Crippen LogP contribution >= 0.6 is 0 Å². The van der Waals surface area contributed by atoms with Gasteiger partial charge < -0.3 is 23.8 Å². The highest BCUT2D eigenvalue weighted by atomic mass is 16.6. The molecule has 0 N–H and O–H groups in total. The summed E-state index contributed by atoms with van der Waals surface area (Å²) in [6, 6.07) is 16.0. The molecule has 37 heavy (non-hydrogen) atoms. The second-order valence-corrected chi connectivity index (χ2v) is 8.74. The van der Waals surface area contributed by atoms with Crippen LogP contribution in [0.3, 0.4) is 0 Å². The summed E-state index contributed by atoms with van der Waals surface area (Å²) in [7, 11) is 3.06. The van der Waals surface area contributed by atoms with Gasteiger partial charge in [-0.05, 0) is 36.8 Å². The lowest BCUT2D eigenvalue weighted by molar-refractivity contribution is -0.0507. The molecule has 0 aliphatic carbocycles. The molecule has 1 unspecified atom stereocenters. The van der Waals surface area contributed by atoms with Crippen LogP contribution in [-0.2, 0) is 11.3 Å². The molecule has 9 heteroatoms. The van der Waals surface area contributed by atoms with Crippen molar-refractivity contribution in [3.8, 4) is 29.4 Å². The van der Waals surface area contributed by atoms with Crippen molar-refractivity contribution in [3.63, 3.8) is 0 Å². The van der Waals surface area contributed by atoms with Crippen molar-refractivity contribution in [3.05, 3.63) is 47.5 Å². The summed E-state index contributed by atoms with van der Waals surface area (Å²) in [6.45, 7) is 5.79. The number of ketones is 1. The number of Topliss-reactive ketones (excluding diaryl/α,β-unsaturated/α-hetero) is 1. The maximum Gasteiger partial charge on any atom is 0.204 e. The zero-order valence-corrected chi connectivity index (χ0v) is 21.7. The third-order valence-corrected chi connectivity index (χ3v) is 6.21. The van der Waals surface area contributed by atoms with Gasteiger partial charge in [-0.1, -0.05) is 12.1 Å². The highest BCUT2D eigenvalue weighted by Gasteiger charge is 2.24. The van der Waals surface area contributed by atoms with Gasteiger partial charge in [0.1, 0.15) is 12.7 Å². The third kappa shape index (κ3) is 7.60. The first-order valence-electron chi connectivity index (χ1n) is 12.3. The van der Waals surface area contributed by atoms with Crippen molar-refractivity contribution >= 4 is 11.5 Å². The summed E-state index contributed by atoms with van der Waals surface area (Å²) in [5.74, 6) is 1.13. The van der Waals surface area contributed by atoms with Crippen LogP contribution in [0.4, 0.5) is 5.69 Å². The molecule has 1 atom stereocenters. The average molecular weight is 507 g/mol. The van der Waals surface area contributed by atoms with Crippen molar-refractivity contribution in [2.24, 2.45) is 0 Å². The van der Waals surface area contributed by atoms with Gasteiger partial charge in [0.25, 0.3) is 0 Å². The Balaban J connectivity index is 1.62. The Morgan fingerprint density at radius 3 is 2.35 bits per heavy atom. The van der Waals surface area contributed by atoms with Crippen molar-refractivity contribution in [2.75, 3.05) is 58.5 Å². The quantitative estimate of drug-likeness (QED) is 0.375. The van der Waals surface area contributed by atoms with E-state index >= 15 is 0 Å². The van der Waals surface area contributed by atoms with Crippen LogP contribution in [0, 0.1) is 22.7 Å². The number of hydrogen-bond donors (Lipinski definition) is 0. The molecule has 2 aromatic rings. The maximum absolute atomic E-state index is 12.2. The van der Waals surface area contributed by atoms with Gasteiger partial charge in [-0.25, -0.2) is 0 Å². The molecule has 196 valence electrons. The van der Waals surface area contributed by atoms with E-state index in [1.54, 1.807) is 19.2 Å². The van der Waals surface area contributed by atoms with Crippen LogP contribution in [-0.4, -0.2) is 70.4 Å². The van der Waals surface area contributed by atoms with E-state index in [2.05, 4.69) is 34.1 Å². The largest absolute Gasteiger partial charge is 0.493 e. The first kappa shape index (κ1) is 27.8. The molecule has 1 aliphatic heterocycles. The predicted molar refractivity (Wildman–Crippen MR) is 139 cm³/mol. The molecule has 9 nitrogen and oxygen atoms in total. The lowest BCUT2D eigenvalue weighted by Crippen LogP contribution is -2.44. The van der Waals surface area contributed by atoms with Gasteiger partial charge in [0.15, 0.2) is 17.3 Å². The Bertz CT molecular complexity index is 1110. The number of hydrogen-bond acceptors (Lipinski definition) is 9. The lowest BCUT2D eigenvalue weighted by Gasteiger charge is -2.33. The second-order valence-electron chi connectivity index (χ2n) is 8.74. The molecule has 1 saturated heterocycles. The molecular weight excluding hydrogens is 472 g/mol. The summed E-state index contributed by atoms with van der Waals surface area (Å²) in [5.41, 5.74) is 2.61. The number of anilines is 1. The van der Waals surface area contributed by atoms with Crippen molar-refractivity contribution in [2.45, 2.75) is 32.4 Å². The van der Waals surface area contributed by atoms with E-state index in [0.29, 0.717) is 61.9 Å². The van der Waals surface area contributed by atoms with Gasteiger partial charge in [-0.3, -0.25) is 9.69 Å². The average Bonchev–Trinajstić information content (AvgIpc) is 2.92. The molecule has 0 radical (unpaired) electrons. The molecule has 0 spiro atoms. The molecule has 1 heterocycles. The van der Waals surface area contributed by atoms with Gasteiger partial charge in [0.05, 0.1) is 51.4 Å². The summed E-state index contributed by atoms with van der Waals surface area (Å²) in [5, 5.41) is 17.9. The standard InChI is InChI=1S/C28H34N4O5/c1-21(33)25-10-11-26(34-2)28(35-3)27(25)37-20-24-19-31(16-17-36-24)18-22-6-8-23(9-7-22)32(14-4-12-29)15-5-13-30/h6-11,24H,4-5,14-20H2,1-3H3. The zero-order chi connectivity index (χ0) is 26.6. The fourth-order valence-electron chi connectivity index (χ4n) is 4.33. The number of ether oxygens (including phenoxy) is 4. The molecule has 0 aromatic heterocycles. The number of nitriles is 2. The highest BCUT2D eigenvalue weighted by Crippen LogP contribution is 2.40. The van der Waals surface area contributed by atoms with E-state index in [9.17, 15) is 4.79 Å². The Kier molecular flexibility index (Phi) is 10.6. The first-order valence-corrected chi connectivity index (χ1v) is 12.3. The van der Waals surface area contributed by atoms with Crippen LogP contribution in [0.5, 0.6) is 17.2 Å². The zero-order valence-electron chi connectivity index (χ0n) is 21.7. The van der Waals surface area contributed by atoms with Gasteiger partial charge in [0.2, 0.25) is 5.75 Å². The molecule has 3 rings (SSSR count). The topological polar surface area (TPSA) is 108 Å². The number of methoxy groups -OCH3 is 2. The predicted octanol–water partition coefficient (Wildman–Crippen LogP) is 3.82. The highest BCUT2D eigenvalue weighted by molar-refractivity contribution is 5.98. The Hall–Kier alpha value is -3.79. The molecule has 2 aromatic carbocycles. The Morgan fingerprint density at radius 1 is 1.05 bits per heavy atom. The monoisotopic (exact) mass is 506 g/mol. The maximum atomic E-state index is 12.2. The lowest BCUT2D eigenvalue weighted by atomic mass is 10.1. The molecule has 1 fully saturated rings. The van der Waals surface area contributed by atoms with Gasteiger partial charge in [-0.15, -0.1) is 0 Å². The molecule has 1 aliphatic rings. The molecule has 0 bridgehead atoms. The summed E-state index contributed by atoms with van der Waals surface area (Å²) in [6.07, 6.45) is 0.663. The number of rotatable bonds is 13. The van der Waals surface area contributed by atoms with E-state index in [1.165, 1.54) is 19.6 Å². The minimum atomic E-state index is -0.170. The van der Waals surface area contributed by atoms with Gasteiger partial charge >= 0.3 is 0 Å². The number of carbonyl (C=O) groups excluding carboxylic acids is 1. The Morgan fingerprint density at radius 2 is 1.76 bits per heavy atom. The van der Waals surface area contributed by atoms with E-state index in [4.69, 9.17) is 29.5 Å². The smallest absolute Gasteiger partial charge is 0.204 e. The molecular formula is C28H34N4O5. The number of morpholine rings is 1. The fourth-order valence-corrected chi connectivity index (χ4v) is 4.33. The third-order valence-electron chi connectivity index (χ3n) is 6.21. The number of benzene rings is 2. The minimum Gasteiger partial charge on any atom is -0.493 e. The number of carbonyl (C=O) groups is 1. The van der Waals surface area contributed by atoms with E-state index < -0.39 is 0 Å². The van der Waals surface area contributed by atoms with Gasteiger partial charge in [0, 0.05) is 38.4 Å². The van der Waals surface area contributed by atoms with Gasteiger partial charge in [-0.2, -0.15) is 10.5 Å². The van der Waals surface area contributed by atoms with Crippen LogP contribution in [0.2, 0.25) is 0 Å². The van der Waals surface area contributed by atoms with Crippen LogP contribution < -0.4 is 19.1 Å². The Labute approximate surface area is 218 Å². The van der Waals surface area contributed by atoms with E-state index in [1.807, 2.05) is 12.1 Å². The first-order chi connectivity index (χ1) is 18.0. The SMILES string of the molecule is COc1ccc(C(C)=O)c(OCC2CN(Cc3ccc(N(CCC#N)CCC#N)cc3)CCO2)c1OC. The summed E-state index contributed by atoms with van der Waals surface area (Å²) in [4.78, 5) is 16.5. The van der Waals surface area contributed by atoms with Crippen molar-refractivity contribution in [1.82, 2.24) is 4.90 Å². The number of nitrogens with zero attached hydrogens (tertiary/aromatic N) is 4. The normalized spacial score (nSPS) is 15.3. The van der Waals surface area contributed by atoms with E-state index in [-0.39, 0.29) is 18.5 Å². The second kappa shape index (κ2) is 14.1. The summed E-state index contributed by atoms with van der Waals surface area (Å²) < 4.78 is 22.9. The summed E-state index contributed by atoms with van der Waals surface area (Å²) >= 11 is 0. The molecule has 0 saturated carbocycles.